The Kier molecular flexibility index (Phi) is 5.78. The van der Waals surface area contributed by atoms with Crippen molar-refractivity contribution in [2.45, 2.75) is 13.3 Å². The van der Waals surface area contributed by atoms with Gasteiger partial charge in [0, 0.05) is 13.7 Å². The average Bonchev–Trinajstić information content (AvgIpc) is 1.87. The quantitative estimate of drug-likeness (QED) is 0.496. The number of rotatable bonds is 6. The van der Waals surface area contributed by atoms with E-state index in [1.54, 1.807) is 14.0 Å². The maximum atomic E-state index is 11.0. The molecule has 0 spiro atoms. The van der Waals surface area contributed by atoms with Crippen molar-refractivity contribution in [3.05, 3.63) is 0 Å². The molecule has 11 heavy (non-hydrogen) atoms. The zero-order valence-electron chi connectivity index (χ0n) is 6.95. The molecule has 0 aliphatic rings. The second kappa shape index (κ2) is 5.72. The van der Waals surface area contributed by atoms with Crippen LogP contribution in [0.2, 0.25) is 0 Å². The van der Waals surface area contributed by atoms with Gasteiger partial charge in [0.2, 0.25) is 0 Å². The normalized spacial score (nSPS) is 16.3. The molecule has 4 nitrogen and oxygen atoms in total. The highest BCUT2D eigenvalue weighted by Crippen LogP contribution is 2.41. The fraction of sp³-hybridized carbons (Fsp3) is 1.00. The van der Waals surface area contributed by atoms with E-state index in [1.807, 2.05) is 0 Å². The number of methoxy groups -OCH3 is 1. The molecule has 0 fully saturated rings. The molecule has 0 aromatic rings. The van der Waals surface area contributed by atoms with Crippen molar-refractivity contribution < 1.29 is 18.7 Å². The molecule has 0 amide bonds. The van der Waals surface area contributed by atoms with Gasteiger partial charge in [0.05, 0.1) is 12.8 Å². The molecule has 1 unspecified atom stereocenters. The van der Waals surface area contributed by atoms with Crippen LogP contribution < -0.4 is 0 Å². The third-order valence-electron chi connectivity index (χ3n) is 1.12. The van der Waals surface area contributed by atoms with Crippen LogP contribution in [0.1, 0.15) is 13.3 Å². The van der Waals surface area contributed by atoms with E-state index in [2.05, 4.69) is 4.52 Å². The lowest BCUT2D eigenvalue weighted by Gasteiger charge is -2.09. The predicted molar refractivity (Wildman–Crippen MR) is 42.8 cm³/mol. The Labute approximate surface area is 67.0 Å². The molecule has 68 valence electrons. The second-order valence-electron chi connectivity index (χ2n) is 2.13. The summed E-state index contributed by atoms with van der Waals surface area (Å²) in [6.45, 7) is 2.47. The highest BCUT2D eigenvalue weighted by molar-refractivity contribution is 7.52. The number of hydrogen-bond acceptors (Lipinski definition) is 3. The van der Waals surface area contributed by atoms with Crippen LogP contribution in [0.15, 0.2) is 0 Å². The van der Waals surface area contributed by atoms with Crippen LogP contribution in [-0.4, -0.2) is 31.4 Å². The first-order valence-corrected chi connectivity index (χ1v) is 5.34. The fourth-order valence-corrected chi connectivity index (χ4v) is 1.74. The molecule has 0 rings (SSSR count). The molecule has 0 radical (unpaired) electrons. The Balaban J connectivity index is 3.47. The second-order valence-corrected chi connectivity index (χ2v) is 4.11. The molecule has 5 heteroatoms. The Morgan fingerprint density at radius 2 is 2.18 bits per heavy atom. The summed E-state index contributed by atoms with van der Waals surface area (Å²) in [6.07, 6.45) is 0.735. The molecule has 0 aliphatic carbocycles. The lowest BCUT2D eigenvalue weighted by Crippen LogP contribution is -1.98. The summed E-state index contributed by atoms with van der Waals surface area (Å²) in [7, 11) is -1.74. The van der Waals surface area contributed by atoms with E-state index in [1.165, 1.54) is 0 Å². The summed E-state index contributed by atoms with van der Waals surface area (Å²) in [5.74, 6) is 0. The van der Waals surface area contributed by atoms with Gasteiger partial charge in [-0.3, -0.25) is 4.57 Å². The number of hydrogen-bond donors (Lipinski definition) is 1. The maximum Gasteiger partial charge on any atom is 0.328 e. The van der Waals surface area contributed by atoms with Gasteiger partial charge < -0.3 is 14.2 Å². The van der Waals surface area contributed by atoms with Crippen molar-refractivity contribution in [3.63, 3.8) is 0 Å². The largest absolute Gasteiger partial charge is 0.385 e. The third kappa shape index (κ3) is 6.51. The Hall–Kier alpha value is 0.110. The highest BCUT2D eigenvalue weighted by Gasteiger charge is 2.16. The van der Waals surface area contributed by atoms with E-state index in [0.29, 0.717) is 13.0 Å². The summed E-state index contributed by atoms with van der Waals surface area (Å²) in [6, 6.07) is 0. The van der Waals surface area contributed by atoms with Gasteiger partial charge >= 0.3 is 7.60 Å². The van der Waals surface area contributed by atoms with Crippen molar-refractivity contribution in [1.29, 1.82) is 0 Å². The van der Waals surface area contributed by atoms with Crippen LogP contribution in [0.4, 0.5) is 0 Å². The van der Waals surface area contributed by atoms with Gasteiger partial charge in [0.15, 0.2) is 0 Å². The van der Waals surface area contributed by atoms with E-state index < -0.39 is 7.60 Å². The van der Waals surface area contributed by atoms with E-state index in [9.17, 15) is 4.57 Å². The van der Waals surface area contributed by atoms with Crippen LogP contribution in [0.5, 0.6) is 0 Å². The molecule has 0 aromatic heterocycles. The lowest BCUT2D eigenvalue weighted by molar-refractivity contribution is 0.195. The Morgan fingerprint density at radius 1 is 1.55 bits per heavy atom. The van der Waals surface area contributed by atoms with Gasteiger partial charge in [0.25, 0.3) is 0 Å². The Morgan fingerprint density at radius 3 is 2.64 bits per heavy atom. The zero-order valence-corrected chi connectivity index (χ0v) is 7.84. The standard InChI is InChI=1S/C6H15O4P/c1-3-10-11(7,8)6-4-5-9-2/h3-6H2,1-2H3,(H,7,8). The summed E-state index contributed by atoms with van der Waals surface area (Å²) in [5, 5.41) is 0. The van der Waals surface area contributed by atoms with Crippen LogP contribution in [0.25, 0.3) is 0 Å². The molecule has 0 aromatic carbocycles. The van der Waals surface area contributed by atoms with Crippen molar-refractivity contribution in [3.8, 4) is 0 Å². The third-order valence-corrected chi connectivity index (χ3v) is 2.66. The summed E-state index contributed by atoms with van der Waals surface area (Å²) >= 11 is 0. The van der Waals surface area contributed by atoms with Gasteiger partial charge in [-0.25, -0.2) is 0 Å². The molecule has 0 heterocycles. The van der Waals surface area contributed by atoms with Crippen LogP contribution in [-0.2, 0) is 13.8 Å². The van der Waals surface area contributed by atoms with E-state index in [4.69, 9.17) is 9.63 Å². The molecular formula is C6H15O4P. The maximum absolute atomic E-state index is 11.0. The first-order valence-electron chi connectivity index (χ1n) is 3.57. The van der Waals surface area contributed by atoms with Gasteiger partial charge in [-0.05, 0) is 13.3 Å². The van der Waals surface area contributed by atoms with Crippen LogP contribution >= 0.6 is 7.60 Å². The molecule has 0 aliphatic heterocycles. The molecule has 0 saturated carbocycles. The van der Waals surface area contributed by atoms with Crippen molar-refractivity contribution in [2.75, 3.05) is 26.5 Å². The smallest absolute Gasteiger partial charge is 0.328 e. The van der Waals surface area contributed by atoms with Gasteiger partial charge in [-0.15, -0.1) is 0 Å². The molecule has 0 bridgehead atoms. The average molecular weight is 182 g/mol. The van der Waals surface area contributed by atoms with Crippen molar-refractivity contribution >= 4 is 7.60 Å². The van der Waals surface area contributed by atoms with E-state index in [0.717, 1.165) is 0 Å². The molecule has 0 saturated heterocycles. The number of ether oxygens (including phenoxy) is 1. The monoisotopic (exact) mass is 182 g/mol. The first-order chi connectivity index (χ1) is 5.12. The highest BCUT2D eigenvalue weighted by atomic mass is 31.2. The SMILES string of the molecule is CCOP(=O)(O)CCCOC. The van der Waals surface area contributed by atoms with Crippen molar-refractivity contribution in [1.82, 2.24) is 0 Å². The lowest BCUT2D eigenvalue weighted by atomic mass is 10.5. The van der Waals surface area contributed by atoms with E-state index >= 15 is 0 Å². The molecule has 1 N–H and O–H groups in total. The minimum atomic E-state index is -3.30. The van der Waals surface area contributed by atoms with Gasteiger partial charge in [-0.1, -0.05) is 0 Å². The minimum absolute atomic E-state index is 0.175. The molecular weight excluding hydrogens is 167 g/mol. The van der Waals surface area contributed by atoms with Crippen LogP contribution in [0, 0.1) is 0 Å². The van der Waals surface area contributed by atoms with Crippen molar-refractivity contribution in [2.24, 2.45) is 0 Å². The van der Waals surface area contributed by atoms with Gasteiger partial charge in [0.1, 0.15) is 0 Å². The summed E-state index contributed by atoms with van der Waals surface area (Å²) in [5.41, 5.74) is 0. The van der Waals surface area contributed by atoms with Gasteiger partial charge in [-0.2, -0.15) is 0 Å². The summed E-state index contributed by atoms with van der Waals surface area (Å²) in [4.78, 5) is 9.02. The zero-order chi connectivity index (χ0) is 8.74. The summed E-state index contributed by atoms with van der Waals surface area (Å²) < 4.78 is 20.3. The molecule has 1 atom stereocenters. The first kappa shape index (κ1) is 11.1. The Bertz CT molecular complexity index is 137. The van der Waals surface area contributed by atoms with E-state index in [-0.39, 0.29) is 12.8 Å². The fourth-order valence-electron chi connectivity index (χ4n) is 0.675. The van der Waals surface area contributed by atoms with Crippen LogP contribution in [0.3, 0.4) is 0 Å². The predicted octanol–water partition coefficient (Wildman–Crippen LogP) is 1.24. The minimum Gasteiger partial charge on any atom is -0.385 e. The topological polar surface area (TPSA) is 55.8 Å².